The summed E-state index contributed by atoms with van der Waals surface area (Å²) < 4.78 is 50.6. The smallest absolute Gasteiger partial charge is 0.311 e. The normalized spacial score (nSPS) is 42.5. The number of carbonyl (C=O) groups is 7. The molecular weight excluding hydrogens is 1560 g/mol. The number of aliphatic hydroxyl groups is 3. The van der Waals surface area contributed by atoms with E-state index in [2.05, 4.69) is 97.8 Å². The fraction of sp³-hybridized carbons (Fsp3) is 0.931. The number of hydrogen-bond donors (Lipinski definition) is 6. The van der Waals surface area contributed by atoms with Gasteiger partial charge in [0.25, 0.3) is 0 Å². The molecule has 696 valence electrons. The van der Waals surface area contributed by atoms with E-state index in [-0.39, 0.29) is 130 Å². The van der Waals surface area contributed by atoms with Crippen molar-refractivity contribution in [2.24, 2.45) is 173 Å². The first-order chi connectivity index (χ1) is 57.4. The van der Waals surface area contributed by atoms with Crippen molar-refractivity contribution in [3.63, 3.8) is 0 Å². The first kappa shape index (κ1) is 97.3. The van der Waals surface area contributed by atoms with Crippen LogP contribution in [-0.4, -0.2) is 123 Å². The highest BCUT2D eigenvalue weighted by Gasteiger charge is 2.68. The molecule has 14 saturated carbocycles. The van der Waals surface area contributed by atoms with Gasteiger partial charge in [-0.3, -0.25) is 33.6 Å². The van der Waals surface area contributed by atoms with E-state index in [4.69, 9.17) is 24.1 Å². The van der Waals surface area contributed by atoms with Crippen LogP contribution < -0.4 is 14.8 Å². The number of esters is 4. The Balaban J connectivity index is 0.000000169. The second kappa shape index (κ2) is 38.4. The molecule has 14 aliphatic rings. The zero-order valence-electron chi connectivity index (χ0n) is 79.6. The predicted molar refractivity (Wildman–Crippen MR) is 477 cm³/mol. The van der Waals surface area contributed by atoms with Crippen LogP contribution in [0.25, 0.3) is 0 Å². The van der Waals surface area contributed by atoms with Crippen LogP contribution in [0, 0.1) is 173 Å². The summed E-state index contributed by atoms with van der Waals surface area (Å²) in [4.78, 5) is 87.9. The number of hydrogen-bond acceptors (Lipinski definition) is 16. The van der Waals surface area contributed by atoms with E-state index in [1.54, 1.807) is 0 Å². The molecule has 122 heavy (non-hydrogen) atoms. The van der Waals surface area contributed by atoms with Gasteiger partial charge in [0, 0.05) is 44.7 Å². The van der Waals surface area contributed by atoms with Crippen molar-refractivity contribution >= 4 is 51.7 Å². The summed E-state index contributed by atoms with van der Waals surface area (Å²) in [6, 6.07) is 0. The Kier molecular flexibility index (Phi) is 30.6. The molecule has 0 radical (unpaired) electrons. The fourth-order valence-electron chi connectivity index (χ4n) is 32.2. The van der Waals surface area contributed by atoms with Gasteiger partial charge in [0.2, 0.25) is 11.8 Å². The summed E-state index contributed by atoms with van der Waals surface area (Å²) in [7, 11) is -2.49. The maximum atomic E-state index is 13.0. The minimum Gasteiger partial charge on any atom is -0.463 e. The Labute approximate surface area is 737 Å². The Morgan fingerprint density at radius 2 is 0.910 bits per heavy atom. The molecule has 0 aromatic rings. The summed E-state index contributed by atoms with van der Waals surface area (Å²) in [5.41, 5.74) is 0.937. The van der Waals surface area contributed by atoms with E-state index in [0.717, 1.165) is 165 Å². The Morgan fingerprint density at radius 3 is 1.36 bits per heavy atom. The van der Waals surface area contributed by atoms with Crippen LogP contribution in [0.5, 0.6) is 0 Å². The van der Waals surface area contributed by atoms with Gasteiger partial charge in [-0.15, -0.1) is 0 Å². The molecule has 0 heterocycles. The molecule has 25 unspecified atom stereocenters. The van der Waals surface area contributed by atoms with E-state index in [1.165, 1.54) is 77.7 Å². The molecule has 2 bridgehead atoms. The van der Waals surface area contributed by atoms with Gasteiger partial charge in [0.05, 0.1) is 36.1 Å². The van der Waals surface area contributed by atoms with Crippen LogP contribution in [0.15, 0.2) is 0 Å². The standard InChI is InChI=1S/C40H65NO5.C32H54O5.C30H52N2O6S/c1-8-24(2)36(45)46-28-14-16-38(6)27(21-28)22-32(42)35-30-11-10-29(39(30,7)17-15-31(35)38)25(3)9-12-34(44)41-20-19-40-18-13-26(23-33(40)43)37(40,4)5;1-7-30(3,4)29(35)37-23-14-16-31(5)22(20-23)9-10-24-26-12-11-25(32(26,6)17-15-27(24)31)21(2)8-13-28(34)36-19-18-33;1-7-18(2)28(35)38-21-12-14-29(4)20(16-21)17-25(33)27-23-10-9-22(30(23,5)15-13-24(27)29)19(3)8-11-26(34)32-39(36,37)31-6/h24-32,35,42H,8-23H2,1-7H3,(H,41,44);21-27,33H,7-20H2,1-6H3;18-25,27,31,33H,7-17H2,1-6H3,(H,32,34)/t24?,25?,26?,27?,28-,29?,30?,31?,32+,35?,38-,39+,40?;21?,22?,23?,24?,25?,26?,27?,31-,32+;18?,19?,20?,21?,22?,23?,24?,25?,27?,29-,30+/m000/s1. The minimum atomic E-state index is -3.77. The highest BCUT2D eigenvalue weighted by molar-refractivity contribution is 7.88. The van der Waals surface area contributed by atoms with Crippen molar-refractivity contribution in [1.29, 1.82) is 0 Å². The summed E-state index contributed by atoms with van der Waals surface area (Å²) in [6.07, 6.45) is 37.1. The molecule has 0 aromatic heterocycles. The molecule has 14 rings (SSSR count). The molecule has 6 N–H and O–H groups in total. The highest BCUT2D eigenvalue weighted by Crippen LogP contribution is 2.73. The third kappa shape index (κ3) is 18.9. The minimum absolute atomic E-state index is 0.00195. The lowest BCUT2D eigenvalue weighted by Crippen LogP contribution is -2.58. The topological polar surface area (TPSA) is 287 Å². The molecule has 14 fully saturated rings. The van der Waals surface area contributed by atoms with E-state index in [1.807, 2.05) is 41.5 Å². The number of amides is 2. The zero-order valence-corrected chi connectivity index (χ0v) is 80.4. The highest BCUT2D eigenvalue weighted by atomic mass is 32.2. The van der Waals surface area contributed by atoms with E-state index in [0.29, 0.717) is 137 Å². The monoisotopic (exact) mass is 1730 g/mol. The lowest BCUT2D eigenvalue weighted by atomic mass is 9.43. The number of nitrogens with one attached hydrogen (secondary N) is 3. The van der Waals surface area contributed by atoms with E-state index in [9.17, 15) is 52.2 Å². The van der Waals surface area contributed by atoms with Crippen molar-refractivity contribution in [3.05, 3.63) is 0 Å². The van der Waals surface area contributed by atoms with Gasteiger partial charge in [-0.1, -0.05) is 111 Å². The van der Waals surface area contributed by atoms with Crippen LogP contribution in [0.4, 0.5) is 0 Å². The summed E-state index contributed by atoms with van der Waals surface area (Å²) >= 11 is 0. The van der Waals surface area contributed by atoms with Crippen LogP contribution in [-0.2, 0) is 62.7 Å². The third-order valence-electron chi connectivity index (χ3n) is 40.8. The summed E-state index contributed by atoms with van der Waals surface area (Å²) in [6.45, 7) is 41.1. The predicted octanol–water partition coefficient (Wildman–Crippen LogP) is 19.4. The number of carbonyl (C=O) groups excluding carboxylic acids is 7. The second-order valence-corrected chi connectivity index (χ2v) is 48.4. The maximum absolute atomic E-state index is 13.0. The van der Waals surface area contributed by atoms with Gasteiger partial charge in [-0.25, -0.2) is 9.44 Å². The van der Waals surface area contributed by atoms with Gasteiger partial charge in [-0.05, 0) is 383 Å². The molecule has 0 spiro atoms. The van der Waals surface area contributed by atoms with E-state index < -0.39 is 16.1 Å². The van der Waals surface area contributed by atoms with Crippen molar-refractivity contribution in [2.45, 2.75) is 399 Å². The quantitative estimate of drug-likeness (QED) is 0.0313. The molecular formula is C102H171N3O16S. The first-order valence-electron chi connectivity index (χ1n) is 50.2. The van der Waals surface area contributed by atoms with Crippen molar-refractivity contribution < 1.29 is 76.2 Å². The van der Waals surface area contributed by atoms with Gasteiger partial charge in [0.15, 0.2) is 0 Å². The zero-order chi connectivity index (χ0) is 89.0. The first-order valence-corrected chi connectivity index (χ1v) is 51.7. The van der Waals surface area contributed by atoms with Crippen molar-refractivity contribution in [2.75, 3.05) is 26.8 Å². The fourth-order valence-corrected chi connectivity index (χ4v) is 32.7. The van der Waals surface area contributed by atoms with Crippen LogP contribution >= 0.6 is 0 Å². The molecule has 14 aliphatic carbocycles. The van der Waals surface area contributed by atoms with Gasteiger partial charge in [0.1, 0.15) is 30.7 Å². The average Bonchev–Trinajstić information content (AvgIpc) is 1.35. The number of ketones is 1. The Morgan fingerprint density at radius 1 is 0.492 bits per heavy atom. The third-order valence-corrected chi connectivity index (χ3v) is 41.8. The number of aliphatic hydroxyl groups excluding tert-OH is 3. The Hall–Kier alpha value is -3.72. The largest absolute Gasteiger partial charge is 0.463 e. The molecule has 20 heteroatoms. The lowest BCUT2D eigenvalue weighted by Gasteiger charge is -2.62. The SMILES string of the molecule is CCC(C)(C)C(=O)OC1CC[C@@]2(C)C(CCC3C4CCC(C(C)CCC(=O)OCCO)[C@@]4(C)CCC32)C1.CCC(C)C(=O)OC1CC[C@@]2(C)C(C1)CC(O)C1C3CCC(C(C)CCC(=O)NS(=O)(=O)NC)[C@@]3(C)CCC12.CCC(C)C(=O)O[C@H]1CC[C@@]2(C)C(C1)C[C@@H](O)C1C3CCC(C(C)CCC(=O)NCCC45CCC(CC4=O)C5(C)C)[C@@]3(C)CCC12. The lowest BCUT2D eigenvalue weighted by molar-refractivity contribution is -0.184. The van der Waals surface area contributed by atoms with Crippen LogP contribution in [0.2, 0.25) is 0 Å². The molecule has 33 atom stereocenters. The number of Topliss-reactive ketones (excluding diaryl/α,β-unsaturated/α-hetero) is 1. The van der Waals surface area contributed by atoms with Crippen LogP contribution in [0.1, 0.15) is 369 Å². The summed E-state index contributed by atoms with van der Waals surface area (Å²) in [5.74, 6) is 9.82. The van der Waals surface area contributed by atoms with Crippen molar-refractivity contribution in [3.8, 4) is 0 Å². The molecule has 2 amide bonds. The number of ether oxygens (including phenoxy) is 4. The Bertz CT molecular complexity index is 3770. The van der Waals surface area contributed by atoms with Crippen molar-refractivity contribution in [1.82, 2.24) is 14.8 Å². The summed E-state index contributed by atoms with van der Waals surface area (Å²) in [5, 5.41) is 35.5. The average molecular weight is 1730 g/mol. The second-order valence-electron chi connectivity index (χ2n) is 46.7. The molecule has 0 saturated heterocycles. The number of fused-ring (bicyclic) bond motifs is 17. The van der Waals surface area contributed by atoms with Gasteiger partial charge < -0.3 is 39.6 Å². The number of rotatable bonds is 28. The van der Waals surface area contributed by atoms with Gasteiger partial charge >= 0.3 is 34.1 Å². The molecule has 19 nitrogen and oxygen atoms in total. The van der Waals surface area contributed by atoms with Crippen LogP contribution in [0.3, 0.4) is 0 Å². The molecule has 0 aromatic carbocycles. The maximum Gasteiger partial charge on any atom is 0.311 e. The van der Waals surface area contributed by atoms with Gasteiger partial charge in [-0.2, -0.15) is 8.42 Å². The van der Waals surface area contributed by atoms with E-state index >= 15 is 0 Å². The molecule has 0 aliphatic heterocycles.